The summed E-state index contributed by atoms with van der Waals surface area (Å²) in [4.78, 5) is 14.3. The number of benzene rings is 1. The van der Waals surface area contributed by atoms with E-state index in [2.05, 4.69) is 0 Å². The van der Waals surface area contributed by atoms with Crippen LogP contribution in [-0.2, 0) is 13.8 Å². The zero-order valence-corrected chi connectivity index (χ0v) is 12.1. The van der Waals surface area contributed by atoms with Gasteiger partial charge in [-0.25, -0.2) is 8.42 Å². The molecule has 1 unspecified atom stereocenters. The third-order valence-electron chi connectivity index (χ3n) is 2.85. The van der Waals surface area contributed by atoms with E-state index in [1.54, 1.807) is 17.8 Å². The van der Waals surface area contributed by atoms with E-state index in [-0.39, 0.29) is 18.9 Å². The summed E-state index contributed by atoms with van der Waals surface area (Å²) in [6, 6.07) is 7.44. The van der Waals surface area contributed by atoms with Crippen molar-refractivity contribution in [2.75, 3.05) is 17.7 Å². The number of halogens is 1. The first-order valence-electron chi connectivity index (χ1n) is 5.29. The molecule has 18 heavy (non-hydrogen) atoms. The van der Waals surface area contributed by atoms with E-state index in [1.807, 2.05) is 24.5 Å². The molecule has 1 amide bonds. The molecule has 0 bridgehead atoms. The highest BCUT2D eigenvalue weighted by molar-refractivity contribution is 8.14. The molecule has 1 aliphatic rings. The minimum atomic E-state index is -3.69. The number of carbonyl (C=O) groups is 1. The third kappa shape index (κ3) is 2.81. The number of carbonyl (C=O) groups excluding carboxylic acids is 1. The Morgan fingerprint density at radius 3 is 2.72 bits per heavy atom. The summed E-state index contributed by atoms with van der Waals surface area (Å²) in [6.07, 6.45) is 1.90. The molecule has 1 heterocycles. The van der Waals surface area contributed by atoms with Crippen LogP contribution in [0.4, 0.5) is 5.69 Å². The fourth-order valence-electron chi connectivity index (χ4n) is 1.89. The first-order chi connectivity index (χ1) is 8.41. The number of hydrogen-bond acceptors (Lipinski definition) is 4. The number of hydrogen-bond donors (Lipinski definition) is 0. The average Bonchev–Trinajstić information content (AvgIpc) is 2.71. The molecule has 1 fully saturated rings. The zero-order valence-electron chi connectivity index (χ0n) is 9.67. The Labute approximate surface area is 115 Å². The molecule has 0 spiro atoms. The second-order valence-corrected chi connectivity index (χ2v) is 7.80. The summed E-state index contributed by atoms with van der Waals surface area (Å²) >= 11 is 1.57. The minimum absolute atomic E-state index is 0.0463. The average molecular weight is 306 g/mol. The number of thioether (sulfide) groups is 1. The molecule has 98 valence electrons. The van der Waals surface area contributed by atoms with Gasteiger partial charge >= 0.3 is 0 Å². The number of rotatable bonds is 3. The summed E-state index contributed by atoms with van der Waals surface area (Å²) in [5.41, 5.74) is 0.717. The lowest BCUT2D eigenvalue weighted by molar-refractivity contribution is -0.117. The Balaban J connectivity index is 2.27. The van der Waals surface area contributed by atoms with Crippen LogP contribution in [0.1, 0.15) is 6.42 Å². The van der Waals surface area contributed by atoms with Gasteiger partial charge in [-0.2, -0.15) is 0 Å². The fourth-order valence-corrected chi connectivity index (χ4v) is 3.37. The number of anilines is 1. The lowest BCUT2D eigenvalue weighted by atomic mass is 10.3. The van der Waals surface area contributed by atoms with E-state index in [1.165, 1.54) is 4.90 Å². The van der Waals surface area contributed by atoms with Crippen molar-refractivity contribution in [1.82, 2.24) is 0 Å². The molecule has 1 aromatic rings. The predicted molar refractivity (Wildman–Crippen MR) is 73.8 cm³/mol. The van der Waals surface area contributed by atoms with Crippen molar-refractivity contribution < 1.29 is 13.2 Å². The van der Waals surface area contributed by atoms with Crippen molar-refractivity contribution in [3.63, 3.8) is 0 Å². The van der Waals surface area contributed by atoms with Crippen LogP contribution in [0.5, 0.6) is 0 Å². The van der Waals surface area contributed by atoms with Crippen molar-refractivity contribution in [3.05, 3.63) is 24.3 Å². The van der Waals surface area contributed by atoms with Gasteiger partial charge < -0.3 is 4.90 Å². The van der Waals surface area contributed by atoms with Gasteiger partial charge in [0, 0.05) is 34.2 Å². The van der Waals surface area contributed by atoms with Crippen molar-refractivity contribution in [2.24, 2.45) is 0 Å². The van der Waals surface area contributed by atoms with Crippen LogP contribution in [0, 0.1) is 0 Å². The molecule has 7 heteroatoms. The molecule has 0 saturated carbocycles. The summed E-state index contributed by atoms with van der Waals surface area (Å²) < 4.78 is 22.5. The van der Waals surface area contributed by atoms with Gasteiger partial charge in [0.05, 0.1) is 0 Å². The highest BCUT2D eigenvalue weighted by Crippen LogP contribution is 2.29. The highest BCUT2D eigenvalue weighted by atomic mass is 35.7. The molecule has 1 saturated heterocycles. The van der Waals surface area contributed by atoms with Crippen molar-refractivity contribution in [1.29, 1.82) is 0 Å². The standard InChI is InChI=1S/C11H12ClNO3S2/c1-17-9-4-2-3-8(5-9)13-7-10(6-11(13)14)18(12,15)16/h2-5,10H,6-7H2,1H3. The molecule has 0 radical (unpaired) electrons. The van der Waals surface area contributed by atoms with Crippen LogP contribution < -0.4 is 4.90 Å². The van der Waals surface area contributed by atoms with Crippen molar-refractivity contribution >= 4 is 43.1 Å². The zero-order chi connectivity index (χ0) is 13.3. The van der Waals surface area contributed by atoms with Crippen molar-refractivity contribution in [2.45, 2.75) is 16.6 Å². The van der Waals surface area contributed by atoms with Gasteiger partial charge in [-0.05, 0) is 24.5 Å². The van der Waals surface area contributed by atoms with Gasteiger partial charge in [0.2, 0.25) is 15.0 Å². The summed E-state index contributed by atoms with van der Waals surface area (Å²) in [5.74, 6) is -0.206. The van der Waals surface area contributed by atoms with E-state index in [9.17, 15) is 13.2 Å². The van der Waals surface area contributed by atoms with Gasteiger partial charge in [0.25, 0.3) is 0 Å². The van der Waals surface area contributed by atoms with Crippen LogP contribution in [0.15, 0.2) is 29.2 Å². The monoisotopic (exact) mass is 305 g/mol. The first-order valence-corrected chi connectivity index (χ1v) is 8.89. The smallest absolute Gasteiger partial charge is 0.237 e. The van der Waals surface area contributed by atoms with Crippen LogP contribution >= 0.6 is 22.4 Å². The largest absolute Gasteiger partial charge is 0.311 e. The SMILES string of the molecule is CSc1cccc(N2CC(S(=O)(=O)Cl)CC2=O)c1. The third-order valence-corrected chi connectivity index (χ3v) is 5.45. The van der Waals surface area contributed by atoms with Crippen LogP contribution in [0.2, 0.25) is 0 Å². The summed E-state index contributed by atoms with van der Waals surface area (Å²) in [7, 11) is 1.62. The molecule has 0 aromatic heterocycles. The van der Waals surface area contributed by atoms with E-state index in [4.69, 9.17) is 10.7 Å². The van der Waals surface area contributed by atoms with Crippen LogP contribution in [0.3, 0.4) is 0 Å². The molecule has 4 nitrogen and oxygen atoms in total. The second kappa shape index (κ2) is 5.11. The van der Waals surface area contributed by atoms with Gasteiger partial charge in [-0.1, -0.05) is 6.07 Å². The maximum absolute atomic E-state index is 11.8. The molecule has 0 N–H and O–H groups in total. The minimum Gasteiger partial charge on any atom is -0.311 e. The van der Waals surface area contributed by atoms with E-state index >= 15 is 0 Å². The Kier molecular flexibility index (Phi) is 3.89. The Morgan fingerprint density at radius 2 is 2.17 bits per heavy atom. The Hall–Kier alpha value is -0.720. The first kappa shape index (κ1) is 13.7. The molecule has 1 aromatic carbocycles. The van der Waals surface area contributed by atoms with Gasteiger partial charge in [0.15, 0.2) is 0 Å². The van der Waals surface area contributed by atoms with Gasteiger partial charge in [-0.15, -0.1) is 11.8 Å². The Morgan fingerprint density at radius 1 is 1.44 bits per heavy atom. The molecule has 2 rings (SSSR count). The summed E-state index contributed by atoms with van der Waals surface area (Å²) in [6.45, 7) is 0.127. The van der Waals surface area contributed by atoms with Gasteiger partial charge in [0.1, 0.15) is 5.25 Å². The normalized spacial score (nSPS) is 20.4. The van der Waals surface area contributed by atoms with Crippen LogP contribution in [0.25, 0.3) is 0 Å². The topological polar surface area (TPSA) is 54.5 Å². The van der Waals surface area contributed by atoms with Gasteiger partial charge in [-0.3, -0.25) is 4.79 Å². The second-order valence-electron chi connectivity index (χ2n) is 4.01. The summed E-state index contributed by atoms with van der Waals surface area (Å²) in [5, 5.41) is -0.815. The molecule has 0 aliphatic carbocycles. The molecule has 1 aliphatic heterocycles. The fraction of sp³-hybridized carbons (Fsp3) is 0.364. The quantitative estimate of drug-likeness (QED) is 0.634. The van der Waals surface area contributed by atoms with Crippen LogP contribution in [-0.4, -0.2) is 32.4 Å². The molecular weight excluding hydrogens is 294 g/mol. The lowest BCUT2D eigenvalue weighted by Crippen LogP contribution is -2.26. The highest BCUT2D eigenvalue weighted by Gasteiger charge is 2.37. The maximum Gasteiger partial charge on any atom is 0.237 e. The number of amides is 1. The molecule has 1 atom stereocenters. The van der Waals surface area contributed by atoms with E-state index in [0.717, 1.165) is 10.6 Å². The maximum atomic E-state index is 11.8. The lowest BCUT2D eigenvalue weighted by Gasteiger charge is -2.16. The van der Waals surface area contributed by atoms with E-state index < -0.39 is 14.3 Å². The number of nitrogens with zero attached hydrogens (tertiary/aromatic N) is 1. The predicted octanol–water partition coefficient (Wildman–Crippen LogP) is 2.08. The van der Waals surface area contributed by atoms with Crippen molar-refractivity contribution in [3.8, 4) is 0 Å². The molecular formula is C11H12ClNO3S2. The Bertz CT molecular complexity index is 573. The van der Waals surface area contributed by atoms with E-state index in [0.29, 0.717) is 0 Å².